The van der Waals surface area contributed by atoms with Crippen LogP contribution in [0.5, 0.6) is 0 Å². The summed E-state index contributed by atoms with van der Waals surface area (Å²) in [7, 11) is 1.41. The van der Waals surface area contributed by atoms with Gasteiger partial charge in [0.2, 0.25) is 0 Å². The second-order valence-corrected chi connectivity index (χ2v) is 13.6. The first kappa shape index (κ1) is 29.9. The summed E-state index contributed by atoms with van der Waals surface area (Å²) in [6.07, 6.45) is 8.37. The first-order valence-electron chi connectivity index (χ1n) is 15.4. The zero-order valence-electron chi connectivity index (χ0n) is 25.2. The van der Waals surface area contributed by atoms with Gasteiger partial charge < -0.3 is 14.5 Å². The molecule has 1 saturated carbocycles. The maximum Gasteiger partial charge on any atom is 0.320 e. The minimum absolute atomic E-state index is 0.228. The van der Waals surface area contributed by atoms with Crippen LogP contribution in [-0.4, -0.2) is 76.6 Å². The third-order valence-corrected chi connectivity index (χ3v) is 9.96. The number of amides is 2. The lowest BCUT2D eigenvalue weighted by Crippen LogP contribution is -2.49. The predicted molar refractivity (Wildman–Crippen MR) is 163 cm³/mol. The Balaban J connectivity index is 1.15. The van der Waals surface area contributed by atoms with Crippen LogP contribution in [0.1, 0.15) is 75.6 Å². The predicted octanol–water partition coefficient (Wildman–Crippen LogP) is 6.32. The van der Waals surface area contributed by atoms with E-state index in [1.54, 1.807) is 11.8 Å². The molecule has 222 valence electrons. The molecule has 3 fully saturated rings. The van der Waals surface area contributed by atoms with Gasteiger partial charge in [-0.2, -0.15) is 0 Å². The third-order valence-electron chi connectivity index (χ3n) is 9.01. The molecule has 2 aromatic rings. The minimum atomic E-state index is -0.228. The number of hydrogen-bond donors (Lipinski definition) is 0. The number of aromatic nitrogens is 1. The smallest absolute Gasteiger partial charge is 0.320 e. The van der Waals surface area contributed by atoms with Gasteiger partial charge in [0.1, 0.15) is 5.03 Å². The van der Waals surface area contributed by atoms with E-state index in [1.165, 1.54) is 38.4 Å². The number of rotatable bonds is 10. The molecule has 2 aliphatic heterocycles. The molecule has 7 nitrogen and oxygen atoms in total. The fraction of sp³-hybridized carbons (Fsp3) is 0.606. The van der Waals surface area contributed by atoms with E-state index in [-0.39, 0.29) is 12.4 Å². The Hall–Kier alpha value is -2.58. The Morgan fingerprint density at radius 1 is 1.02 bits per heavy atom. The number of pyridine rings is 1. The van der Waals surface area contributed by atoms with Gasteiger partial charge >= 0.3 is 12.0 Å². The van der Waals surface area contributed by atoms with Crippen LogP contribution in [-0.2, 0) is 22.5 Å². The fourth-order valence-electron chi connectivity index (χ4n) is 6.83. The summed E-state index contributed by atoms with van der Waals surface area (Å²) in [5, 5.41) is 0.973. The molecule has 3 aliphatic rings. The number of esters is 1. The molecular formula is C33H46N4O3S. The van der Waals surface area contributed by atoms with E-state index in [9.17, 15) is 9.59 Å². The van der Waals surface area contributed by atoms with Crippen LogP contribution >= 0.6 is 11.8 Å². The molecule has 1 aromatic heterocycles. The van der Waals surface area contributed by atoms with Crippen LogP contribution in [0.4, 0.5) is 4.79 Å². The number of benzene rings is 1. The van der Waals surface area contributed by atoms with Crippen LogP contribution in [0.15, 0.2) is 46.3 Å². The van der Waals surface area contributed by atoms with Crippen molar-refractivity contribution in [3.8, 4) is 0 Å². The molecule has 0 N–H and O–H groups in total. The quantitative estimate of drug-likeness (QED) is 0.308. The Morgan fingerprint density at radius 2 is 1.73 bits per heavy atom. The number of likely N-dealkylation sites (tertiary alicyclic amines) is 1. The first-order valence-corrected chi connectivity index (χ1v) is 16.2. The SMILES string of the molecule is COC(=O)Cc1ccc(Sc2ccc(CN3CCC(N4C(=O)N(C5CCCC5)CC4CC(C)C)CC3)c(C)n2)cc1. The molecule has 1 atom stereocenters. The molecule has 1 aliphatic carbocycles. The van der Waals surface area contributed by atoms with Gasteiger partial charge in [0.25, 0.3) is 0 Å². The van der Waals surface area contributed by atoms with Crippen LogP contribution in [0.3, 0.4) is 0 Å². The highest BCUT2D eigenvalue weighted by Gasteiger charge is 2.44. The average Bonchev–Trinajstić information content (AvgIpc) is 3.59. The van der Waals surface area contributed by atoms with E-state index in [0.717, 1.165) is 66.6 Å². The van der Waals surface area contributed by atoms with Gasteiger partial charge in [0.15, 0.2) is 0 Å². The highest BCUT2D eigenvalue weighted by molar-refractivity contribution is 7.99. The molecule has 41 heavy (non-hydrogen) atoms. The normalized spacial score (nSPS) is 20.9. The van der Waals surface area contributed by atoms with Gasteiger partial charge in [-0.15, -0.1) is 0 Å². The number of nitrogens with zero attached hydrogens (tertiary/aromatic N) is 4. The number of methoxy groups -OCH3 is 1. The van der Waals surface area contributed by atoms with Gasteiger partial charge in [0, 0.05) is 48.9 Å². The second-order valence-electron chi connectivity index (χ2n) is 12.5. The number of carbonyl (C=O) groups excluding carboxylic acids is 2. The lowest BCUT2D eigenvalue weighted by molar-refractivity contribution is -0.139. The monoisotopic (exact) mass is 578 g/mol. The van der Waals surface area contributed by atoms with Crippen molar-refractivity contribution in [1.82, 2.24) is 19.7 Å². The molecule has 0 spiro atoms. The van der Waals surface area contributed by atoms with Crippen LogP contribution in [0.25, 0.3) is 0 Å². The summed E-state index contributed by atoms with van der Waals surface area (Å²) < 4.78 is 4.75. The minimum Gasteiger partial charge on any atom is -0.469 e. The second kappa shape index (κ2) is 13.6. The van der Waals surface area contributed by atoms with Gasteiger partial charge in [-0.1, -0.05) is 56.7 Å². The zero-order valence-corrected chi connectivity index (χ0v) is 26.0. The molecular weight excluding hydrogens is 532 g/mol. The number of ether oxygens (including phenoxy) is 1. The Bertz CT molecular complexity index is 1190. The van der Waals surface area contributed by atoms with E-state index in [2.05, 4.69) is 47.6 Å². The Morgan fingerprint density at radius 3 is 2.37 bits per heavy atom. The number of piperidine rings is 1. The van der Waals surface area contributed by atoms with Crippen LogP contribution in [0, 0.1) is 12.8 Å². The van der Waals surface area contributed by atoms with Crippen molar-refractivity contribution < 1.29 is 14.3 Å². The highest BCUT2D eigenvalue weighted by Crippen LogP contribution is 2.34. The highest BCUT2D eigenvalue weighted by atomic mass is 32.2. The van der Waals surface area contributed by atoms with Gasteiger partial charge in [-0.05, 0) is 74.3 Å². The number of aryl methyl sites for hydroxylation is 1. The van der Waals surface area contributed by atoms with Crippen molar-refractivity contribution in [2.75, 3.05) is 26.7 Å². The Kier molecular flexibility index (Phi) is 9.91. The molecule has 3 heterocycles. The molecule has 1 aromatic carbocycles. The van der Waals surface area contributed by atoms with Crippen molar-refractivity contribution in [2.45, 2.75) is 107 Å². The topological polar surface area (TPSA) is 66.0 Å². The summed E-state index contributed by atoms with van der Waals surface area (Å²) in [6.45, 7) is 10.5. The number of carbonyl (C=O) groups is 2. The Labute approximate surface area is 250 Å². The summed E-state index contributed by atoms with van der Waals surface area (Å²) in [5.41, 5.74) is 3.28. The van der Waals surface area contributed by atoms with Crippen molar-refractivity contribution in [3.05, 3.63) is 53.2 Å². The van der Waals surface area contributed by atoms with Crippen molar-refractivity contribution >= 4 is 23.8 Å². The van der Waals surface area contributed by atoms with E-state index >= 15 is 0 Å². The largest absolute Gasteiger partial charge is 0.469 e. The summed E-state index contributed by atoms with van der Waals surface area (Å²) in [4.78, 5) is 38.2. The molecule has 2 saturated heterocycles. The molecule has 0 bridgehead atoms. The molecule has 8 heteroatoms. The zero-order chi connectivity index (χ0) is 28.9. The standard InChI is InChI=1S/C33H46N4O3S/c1-23(2)19-29-22-36(27-7-5-6-8-27)33(39)37(29)28-15-17-35(18-16-28)21-26-11-14-31(34-24(26)3)41-30-12-9-25(10-13-30)20-32(38)40-4/h9-14,23,27-29H,5-8,15-22H2,1-4H3. The third kappa shape index (κ3) is 7.44. The molecule has 0 radical (unpaired) electrons. The summed E-state index contributed by atoms with van der Waals surface area (Å²) >= 11 is 1.64. The van der Waals surface area contributed by atoms with Crippen LogP contribution in [0.2, 0.25) is 0 Å². The van der Waals surface area contributed by atoms with Crippen LogP contribution < -0.4 is 0 Å². The van der Waals surface area contributed by atoms with E-state index < -0.39 is 0 Å². The first-order chi connectivity index (χ1) is 19.8. The number of urea groups is 1. The van der Waals surface area contributed by atoms with Gasteiger partial charge in [0.05, 0.1) is 19.6 Å². The van der Waals surface area contributed by atoms with Crippen molar-refractivity contribution in [3.63, 3.8) is 0 Å². The van der Waals surface area contributed by atoms with Gasteiger partial charge in [-0.25, -0.2) is 9.78 Å². The maximum absolute atomic E-state index is 13.6. The molecule has 5 rings (SSSR count). The van der Waals surface area contributed by atoms with Gasteiger partial charge in [-0.3, -0.25) is 9.69 Å². The number of hydrogen-bond acceptors (Lipinski definition) is 6. The lowest BCUT2D eigenvalue weighted by atomic mass is 9.97. The lowest BCUT2D eigenvalue weighted by Gasteiger charge is -2.39. The average molecular weight is 579 g/mol. The van der Waals surface area contributed by atoms with E-state index in [0.29, 0.717) is 30.1 Å². The van der Waals surface area contributed by atoms with Crippen molar-refractivity contribution in [2.24, 2.45) is 5.92 Å². The fourth-order valence-corrected chi connectivity index (χ4v) is 7.66. The summed E-state index contributed by atoms with van der Waals surface area (Å²) in [6, 6.07) is 13.8. The maximum atomic E-state index is 13.6. The van der Waals surface area contributed by atoms with E-state index in [1.807, 2.05) is 24.3 Å². The van der Waals surface area contributed by atoms with E-state index in [4.69, 9.17) is 9.72 Å². The molecule has 2 amide bonds. The molecule has 1 unspecified atom stereocenters. The van der Waals surface area contributed by atoms with Crippen molar-refractivity contribution in [1.29, 1.82) is 0 Å². The summed E-state index contributed by atoms with van der Waals surface area (Å²) in [5.74, 6) is 0.370.